The summed E-state index contributed by atoms with van der Waals surface area (Å²) < 4.78 is 15.7. The number of esters is 1. The van der Waals surface area contributed by atoms with Crippen molar-refractivity contribution in [3.05, 3.63) is 69.8 Å². The van der Waals surface area contributed by atoms with Crippen molar-refractivity contribution in [2.75, 3.05) is 26.3 Å². The van der Waals surface area contributed by atoms with E-state index in [-0.39, 0.29) is 18.8 Å². The number of ketones is 2. The number of ether oxygens (including phenoxy) is 2. The van der Waals surface area contributed by atoms with Crippen LogP contribution in [0.4, 0.5) is 0 Å². The highest BCUT2D eigenvalue weighted by atomic mass is 16.5. The number of nitrogens with two attached hydrogens (primary N) is 1. The van der Waals surface area contributed by atoms with E-state index in [0.717, 1.165) is 44.1 Å². The Morgan fingerprint density at radius 1 is 1.02 bits per heavy atom. The minimum atomic E-state index is -1.92. The molecule has 1 aliphatic rings. The highest BCUT2D eigenvalue weighted by Crippen LogP contribution is 2.41. The Hall–Kier alpha value is -4.16. The van der Waals surface area contributed by atoms with Gasteiger partial charge in [-0.3, -0.25) is 24.0 Å². The molecule has 1 aromatic carbocycles. The molecule has 0 radical (unpaired) electrons. The molecule has 12 nitrogen and oxygen atoms in total. The topological polar surface area (TPSA) is 184 Å². The first-order chi connectivity index (χ1) is 22.7. The summed E-state index contributed by atoms with van der Waals surface area (Å²) in [7, 11) is 0. The Morgan fingerprint density at radius 2 is 1.74 bits per heavy atom. The van der Waals surface area contributed by atoms with Crippen LogP contribution in [0.25, 0.3) is 0 Å². The first-order valence-corrected chi connectivity index (χ1v) is 16.4. The minimum Gasteiger partial charge on any atom is -0.465 e. The van der Waals surface area contributed by atoms with Gasteiger partial charge in [0.1, 0.15) is 23.6 Å². The summed E-state index contributed by atoms with van der Waals surface area (Å²) >= 11 is 0. The Bertz CT molecular complexity index is 1420. The van der Waals surface area contributed by atoms with E-state index in [0.29, 0.717) is 24.8 Å². The van der Waals surface area contributed by atoms with Crippen molar-refractivity contribution in [3.8, 4) is 0 Å². The van der Waals surface area contributed by atoms with Crippen molar-refractivity contribution in [2.24, 2.45) is 17.1 Å². The van der Waals surface area contributed by atoms with Crippen molar-refractivity contribution in [1.82, 2.24) is 10.6 Å². The van der Waals surface area contributed by atoms with Crippen molar-refractivity contribution >= 4 is 29.4 Å². The molecule has 2 unspecified atom stereocenters. The molecule has 0 spiro atoms. The lowest BCUT2D eigenvalue weighted by Gasteiger charge is -2.40. The molecule has 47 heavy (non-hydrogen) atoms. The van der Waals surface area contributed by atoms with Gasteiger partial charge < -0.3 is 30.3 Å². The number of Topliss-reactive ketones (excluding diaryl/α,β-unsaturated/α-hetero) is 2. The number of unbranched alkanes of at least 4 members (excludes halogenated alkanes) is 2. The van der Waals surface area contributed by atoms with Crippen LogP contribution in [0.15, 0.2) is 51.9 Å². The third-order valence-corrected chi connectivity index (χ3v) is 8.62. The van der Waals surface area contributed by atoms with Crippen LogP contribution in [0.3, 0.4) is 0 Å². The normalized spacial score (nSPS) is 15.2. The summed E-state index contributed by atoms with van der Waals surface area (Å²) in [5.41, 5.74) is 4.60. The van der Waals surface area contributed by atoms with Crippen molar-refractivity contribution in [2.45, 2.75) is 84.3 Å². The quantitative estimate of drug-likeness (QED) is 0.0670. The molecule has 0 saturated heterocycles. The molecule has 1 aliphatic carbocycles. The number of carbonyl (C=O) groups excluding carboxylic acids is 5. The third kappa shape index (κ3) is 9.92. The summed E-state index contributed by atoms with van der Waals surface area (Å²) in [6.07, 6.45) is 7.62. The Labute approximate surface area is 275 Å². The second-order valence-electron chi connectivity index (χ2n) is 11.8. The molecule has 256 valence electrons. The maximum Gasteiger partial charge on any atom is 0.346 e. The lowest BCUT2D eigenvalue weighted by Crippen LogP contribution is -2.61. The van der Waals surface area contributed by atoms with Gasteiger partial charge in [0.2, 0.25) is 11.7 Å². The highest BCUT2D eigenvalue weighted by Gasteiger charge is 2.53. The second-order valence-corrected chi connectivity index (χ2v) is 11.8. The van der Waals surface area contributed by atoms with Crippen LogP contribution < -0.4 is 22.0 Å². The summed E-state index contributed by atoms with van der Waals surface area (Å²) in [5.74, 6) is -5.13. The van der Waals surface area contributed by atoms with Crippen molar-refractivity contribution < 1.29 is 37.9 Å². The molecule has 1 saturated carbocycles. The van der Waals surface area contributed by atoms with Crippen LogP contribution in [0.1, 0.15) is 86.7 Å². The van der Waals surface area contributed by atoms with Crippen LogP contribution in [-0.2, 0) is 41.7 Å². The first kappa shape index (κ1) is 37.3. The van der Waals surface area contributed by atoms with Gasteiger partial charge in [0.25, 0.3) is 5.91 Å². The van der Waals surface area contributed by atoms with E-state index in [1.54, 1.807) is 13.0 Å². The van der Waals surface area contributed by atoms with Gasteiger partial charge in [-0.1, -0.05) is 69.4 Å². The lowest BCUT2D eigenvalue weighted by atomic mass is 9.64. The number of hydrogen-bond donors (Lipinski definition) is 3. The molecule has 2 atom stereocenters. The predicted molar refractivity (Wildman–Crippen MR) is 173 cm³/mol. The molecular weight excluding hydrogens is 606 g/mol. The summed E-state index contributed by atoms with van der Waals surface area (Å²) in [6.45, 7) is 2.39. The fourth-order valence-electron chi connectivity index (χ4n) is 6.06. The second kappa shape index (κ2) is 18.9. The van der Waals surface area contributed by atoms with Crippen LogP contribution in [0, 0.1) is 11.3 Å². The zero-order valence-corrected chi connectivity index (χ0v) is 27.3. The summed E-state index contributed by atoms with van der Waals surface area (Å²) in [6, 6.07) is 9.12. The van der Waals surface area contributed by atoms with Crippen LogP contribution >= 0.6 is 0 Å². The summed E-state index contributed by atoms with van der Waals surface area (Å²) in [4.78, 5) is 80.3. The van der Waals surface area contributed by atoms with Gasteiger partial charge >= 0.3 is 11.6 Å². The molecule has 12 heteroatoms. The first-order valence-electron chi connectivity index (χ1n) is 16.4. The van der Waals surface area contributed by atoms with Gasteiger partial charge in [0, 0.05) is 6.54 Å². The molecule has 4 N–H and O–H groups in total. The zero-order chi connectivity index (χ0) is 34.2. The predicted octanol–water partition coefficient (Wildman–Crippen LogP) is 3.03. The lowest BCUT2D eigenvalue weighted by molar-refractivity contribution is -0.146. The van der Waals surface area contributed by atoms with E-state index >= 15 is 0 Å². The van der Waals surface area contributed by atoms with E-state index < -0.39 is 72.0 Å². The van der Waals surface area contributed by atoms with Gasteiger partial charge in [0.05, 0.1) is 26.1 Å². The maximum absolute atomic E-state index is 14.6. The molecule has 3 rings (SSSR count). The SMILES string of the molecule is CCCCCc1ccoc(=O)c1C(=O)C(CN)(C(=O)NC(COCc1ccccc1)C(=O)C(=O)NCC(=O)OCC)C1CCCCC1. The average Bonchev–Trinajstić information content (AvgIpc) is 3.08. The number of hydrogen-bond acceptors (Lipinski definition) is 10. The molecule has 0 aliphatic heterocycles. The molecule has 1 aromatic heterocycles. The van der Waals surface area contributed by atoms with E-state index in [1.165, 1.54) is 6.26 Å². The highest BCUT2D eigenvalue weighted by molar-refractivity contribution is 6.38. The Balaban J connectivity index is 1.98. The van der Waals surface area contributed by atoms with Crippen LogP contribution in [0.2, 0.25) is 0 Å². The molecular formula is C35H47N3O9. The van der Waals surface area contributed by atoms with E-state index in [1.807, 2.05) is 37.3 Å². The Morgan fingerprint density at radius 3 is 2.40 bits per heavy atom. The van der Waals surface area contributed by atoms with Crippen LogP contribution in [-0.4, -0.2) is 61.7 Å². The average molecular weight is 654 g/mol. The number of amides is 2. The fourth-order valence-corrected chi connectivity index (χ4v) is 6.06. The van der Waals surface area contributed by atoms with Gasteiger partial charge in [-0.05, 0) is 55.7 Å². The molecule has 1 heterocycles. The van der Waals surface area contributed by atoms with E-state index in [4.69, 9.17) is 19.6 Å². The van der Waals surface area contributed by atoms with Gasteiger partial charge in [-0.2, -0.15) is 0 Å². The van der Waals surface area contributed by atoms with E-state index in [2.05, 4.69) is 10.6 Å². The standard InChI is InChI=1S/C35H47N3O9/c1-3-5-8-15-25-18-19-47-33(43)29(25)31(41)35(23-36,26-16-11-7-12-17-26)34(44)38-27(22-45-21-24-13-9-6-10-14-24)30(40)32(42)37-20-28(39)46-4-2/h6,9-10,13-14,18-19,26-27H,3-5,7-8,11-12,15-17,20-23,36H2,1-2H3,(H,37,42)(H,38,44). The minimum absolute atomic E-state index is 0.0701. The molecule has 2 aromatic rings. The van der Waals surface area contributed by atoms with Gasteiger partial charge in [-0.15, -0.1) is 0 Å². The van der Waals surface area contributed by atoms with Gasteiger partial charge in [0.15, 0.2) is 5.78 Å². The molecule has 1 fully saturated rings. The smallest absolute Gasteiger partial charge is 0.346 e. The third-order valence-electron chi connectivity index (χ3n) is 8.62. The van der Waals surface area contributed by atoms with E-state index in [9.17, 15) is 28.8 Å². The Kier molecular flexibility index (Phi) is 15.0. The molecule has 0 bridgehead atoms. The number of nitrogens with one attached hydrogen (secondary N) is 2. The number of rotatable bonds is 19. The van der Waals surface area contributed by atoms with Gasteiger partial charge in [-0.25, -0.2) is 4.79 Å². The summed E-state index contributed by atoms with van der Waals surface area (Å²) in [5, 5.41) is 4.82. The number of carbonyl (C=O) groups is 5. The monoisotopic (exact) mass is 653 g/mol. The van der Waals surface area contributed by atoms with Crippen LogP contribution in [0.5, 0.6) is 0 Å². The maximum atomic E-state index is 14.6. The number of benzene rings is 1. The van der Waals surface area contributed by atoms with Crippen molar-refractivity contribution in [3.63, 3.8) is 0 Å². The number of aryl methyl sites for hydroxylation is 1. The fraction of sp³-hybridized carbons (Fsp3) is 0.543. The molecule has 2 amide bonds. The van der Waals surface area contributed by atoms with Crippen molar-refractivity contribution in [1.29, 1.82) is 0 Å². The zero-order valence-electron chi connectivity index (χ0n) is 27.3. The largest absolute Gasteiger partial charge is 0.465 e.